The topological polar surface area (TPSA) is 93.8 Å². The molecule has 0 aromatic rings. The third-order valence-corrected chi connectivity index (χ3v) is 1.46. The number of hydrogen-bond acceptors (Lipinski definition) is 5. The predicted molar refractivity (Wildman–Crippen MR) is 55.4 cm³/mol. The lowest BCUT2D eigenvalue weighted by Gasteiger charge is -2.07. The Morgan fingerprint density at radius 3 is 2.67 bits per heavy atom. The summed E-state index contributed by atoms with van der Waals surface area (Å²) >= 11 is 0. The monoisotopic (exact) mass is 220 g/mol. The molecule has 0 fully saturated rings. The first-order valence-electron chi connectivity index (χ1n) is 4.97. The third-order valence-electron chi connectivity index (χ3n) is 1.46. The van der Waals surface area contributed by atoms with Gasteiger partial charge in [-0.05, 0) is 6.92 Å². The zero-order chi connectivity index (χ0) is 11.5. The first-order chi connectivity index (χ1) is 7.16. The lowest BCUT2D eigenvalue weighted by molar-refractivity contribution is -0.126. The van der Waals surface area contributed by atoms with Crippen molar-refractivity contribution >= 4 is 5.91 Å². The van der Waals surface area contributed by atoms with Gasteiger partial charge in [0.05, 0.1) is 25.9 Å². The molecule has 0 spiro atoms. The van der Waals surface area contributed by atoms with Crippen LogP contribution < -0.4 is 11.1 Å². The summed E-state index contributed by atoms with van der Waals surface area (Å²) in [4.78, 5) is 11.0. The smallest absolute Gasteiger partial charge is 0.246 e. The number of aliphatic hydroxyl groups excluding tert-OH is 1. The second kappa shape index (κ2) is 9.85. The van der Waals surface area contributed by atoms with Crippen molar-refractivity contribution in [3.63, 3.8) is 0 Å². The minimum absolute atomic E-state index is 0.0152. The van der Waals surface area contributed by atoms with E-state index >= 15 is 0 Å². The third kappa shape index (κ3) is 11.2. The van der Waals surface area contributed by atoms with Gasteiger partial charge in [0.2, 0.25) is 5.91 Å². The highest BCUT2D eigenvalue weighted by Crippen LogP contribution is 1.80. The van der Waals surface area contributed by atoms with Crippen LogP contribution in [0.25, 0.3) is 0 Å². The number of aliphatic hydroxyl groups is 1. The Bertz CT molecular complexity index is 164. The van der Waals surface area contributed by atoms with Gasteiger partial charge in [-0.1, -0.05) is 0 Å². The molecule has 0 aliphatic heterocycles. The van der Waals surface area contributed by atoms with Gasteiger partial charge in [-0.3, -0.25) is 4.79 Å². The van der Waals surface area contributed by atoms with E-state index in [1.807, 2.05) is 0 Å². The standard InChI is InChI=1S/C9H20N2O4/c1-8(12)6-11-9(13)7-15-5-4-14-3-2-10/h8,12H,2-7,10H2,1H3,(H,11,13). The molecule has 90 valence electrons. The van der Waals surface area contributed by atoms with Crippen LogP contribution in [-0.4, -0.2) is 56.6 Å². The van der Waals surface area contributed by atoms with Gasteiger partial charge in [0, 0.05) is 13.1 Å². The fourth-order valence-electron chi connectivity index (χ4n) is 0.781. The molecule has 0 bridgehead atoms. The molecule has 0 heterocycles. The molecule has 1 atom stereocenters. The van der Waals surface area contributed by atoms with Gasteiger partial charge in [-0.25, -0.2) is 0 Å². The molecule has 1 amide bonds. The number of carbonyl (C=O) groups is 1. The molecule has 6 heteroatoms. The predicted octanol–water partition coefficient (Wildman–Crippen LogP) is -1.52. The fraction of sp³-hybridized carbons (Fsp3) is 0.889. The van der Waals surface area contributed by atoms with Crippen molar-refractivity contribution in [3.05, 3.63) is 0 Å². The van der Waals surface area contributed by atoms with Crippen LogP contribution in [0.1, 0.15) is 6.92 Å². The Morgan fingerprint density at radius 2 is 2.07 bits per heavy atom. The summed E-state index contributed by atoms with van der Waals surface area (Å²) in [6.45, 7) is 3.60. The molecule has 0 saturated carbocycles. The van der Waals surface area contributed by atoms with Crippen LogP contribution in [-0.2, 0) is 14.3 Å². The SMILES string of the molecule is CC(O)CNC(=O)COCCOCCN. The lowest BCUT2D eigenvalue weighted by atomic mass is 10.4. The van der Waals surface area contributed by atoms with E-state index in [4.69, 9.17) is 20.3 Å². The first kappa shape index (κ1) is 14.3. The summed E-state index contributed by atoms with van der Waals surface area (Å²) in [5.74, 6) is -0.241. The Hall–Kier alpha value is -0.690. The molecule has 0 aliphatic rings. The van der Waals surface area contributed by atoms with Crippen molar-refractivity contribution in [1.82, 2.24) is 5.32 Å². The first-order valence-corrected chi connectivity index (χ1v) is 4.97. The molecule has 0 aliphatic carbocycles. The van der Waals surface area contributed by atoms with Gasteiger partial charge >= 0.3 is 0 Å². The van der Waals surface area contributed by atoms with E-state index in [1.165, 1.54) is 0 Å². The molecule has 1 unspecified atom stereocenters. The van der Waals surface area contributed by atoms with Gasteiger partial charge in [0.15, 0.2) is 0 Å². The molecular weight excluding hydrogens is 200 g/mol. The molecule has 0 aromatic carbocycles. The number of amides is 1. The fourth-order valence-corrected chi connectivity index (χ4v) is 0.781. The second-order valence-corrected chi connectivity index (χ2v) is 3.11. The van der Waals surface area contributed by atoms with Gasteiger partial charge in [0.1, 0.15) is 6.61 Å². The van der Waals surface area contributed by atoms with Gasteiger partial charge < -0.3 is 25.6 Å². The number of nitrogens with two attached hydrogens (primary N) is 1. The number of nitrogens with one attached hydrogen (secondary N) is 1. The second-order valence-electron chi connectivity index (χ2n) is 3.11. The number of hydrogen-bond donors (Lipinski definition) is 3. The summed E-state index contributed by atoms with van der Waals surface area (Å²) in [5.41, 5.74) is 5.21. The normalized spacial score (nSPS) is 12.5. The minimum Gasteiger partial charge on any atom is -0.392 e. The van der Waals surface area contributed by atoms with Gasteiger partial charge in [-0.2, -0.15) is 0 Å². The Kier molecular flexibility index (Phi) is 9.40. The highest BCUT2D eigenvalue weighted by atomic mass is 16.5. The van der Waals surface area contributed by atoms with Crippen molar-refractivity contribution in [3.8, 4) is 0 Å². The molecule has 6 nitrogen and oxygen atoms in total. The molecule has 0 radical (unpaired) electrons. The van der Waals surface area contributed by atoms with Crippen molar-refractivity contribution in [1.29, 1.82) is 0 Å². The average molecular weight is 220 g/mol. The van der Waals surface area contributed by atoms with Crippen LogP contribution >= 0.6 is 0 Å². The van der Waals surface area contributed by atoms with Crippen LogP contribution in [0.15, 0.2) is 0 Å². The van der Waals surface area contributed by atoms with Crippen molar-refractivity contribution in [2.75, 3.05) is 39.5 Å². The zero-order valence-corrected chi connectivity index (χ0v) is 9.07. The minimum atomic E-state index is -0.540. The van der Waals surface area contributed by atoms with Crippen molar-refractivity contribution < 1.29 is 19.4 Å². The zero-order valence-electron chi connectivity index (χ0n) is 9.07. The molecule has 0 rings (SSSR count). The number of rotatable bonds is 9. The van der Waals surface area contributed by atoms with Gasteiger partial charge in [-0.15, -0.1) is 0 Å². The summed E-state index contributed by atoms with van der Waals surface area (Å²) in [6.07, 6.45) is -0.540. The van der Waals surface area contributed by atoms with E-state index < -0.39 is 6.10 Å². The molecule has 0 aromatic heterocycles. The Labute approximate surface area is 89.7 Å². The van der Waals surface area contributed by atoms with Crippen LogP contribution in [0.4, 0.5) is 0 Å². The Morgan fingerprint density at radius 1 is 1.40 bits per heavy atom. The lowest BCUT2D eigenvalue weighted by Crippen LogP contribution is -2.33. The van der Waals surface area contributed by atoms with Gasteiger partial charge in [0.25, 0.3) is 0 Å². The highest BCUT2D eigenvalue weighted by Gasteiger charge is 2.02. The van der Waals surface area contributed by atoms with Crippen LogP contribution in [0.3, 0.4) is 0 Å². The van der Waals surface area contributed by atoms with Crippen molar-refractivity contribution in [2.24, 2.45) is 5.73 Å². The highest BCUT2D eigenvalue weighted by molar-refractivity contribution is 5.77. The maximum absolute atomic E-state index is 11.0. The average Bonchev–Trinajstić information content (AvgIpc) is 2.20. The summed E-state index contributed by atoms with van der Waals surface area (Å²) in [7, 11) is 0. The van der Waals surface area contributed by atoms with E-state index in [0.29, 0.717) is 26.4 Å². The van der Waals surface area contributed by atoms with Crippen LogP contribution in [0.5, 0.6) is 0 Å². The quantitative estimate of drug-likeness (QED) is 0.410. The number of ether oxygens (including phenoxy) is 2. The maximum atomic E-state index is 11.0. The number of carbonyl (C=O) groups excluding carboxylic acids is 1. The van der Waals surface area contributed by atoms with E-state index in [9.17, 15) is 4.79 Å². The summed E-state index contributed by atoms with van der Waals surface area (Å²) in [6, 6.07) is 0. The van der Waals surface area contributed by atoms with Crippen LogP contribution in [0, 0.1) is 0 Å². The maximum Gasteiger partial charge on any atom is 0.246 e. The summed E-state index contributed by atoms with van der Waals surface area (Å²) < 4.78 is 10.1. The van der Waals surface area contributed by atoms with Crippen LogP contribution in [0.2, 0.25) is 0 Å². The van der Waals surface area contributed by atoms with E-state index in [-0.39, 0.29) is 19.1 Å². The molecule has 15 heavy (non-hydrogen) atoms. The van der Waals surface area contributed by atoms with E-state index in [2.05, 4.69) is 5.32 Å². The molecule has 0 saturated heterocycles. The largest absolute Gasteiger partial charge is 0.392 e. The van der Waals surface area contributed by atoms with Crippen molar-refractivity contribution in [2.45, 2.75) is 13.0 Å². The summed E-state index contributed by atoms with van der Waals surface area (Å²) in [5, 5.41) is 11.4. The molecule has 4 N–H and O–H groups in total. The van der Waals surface area contributed by atoms with E-state index in [1.54, 1.807) is 6.92 Å². The van der Waals surface area contributed by atoms with E-state index in [0.717, 1.165) is 0 Å². The molecular formula is C9H20N2O4. The Balaban J connectivity index is 3.17.